The fourth-order valence-electron chi connectivity index (χ4n) is 10.4. The highest BCUT2D eigenvalue weighted by Gasteiger charge is 2.60. The molecule has 2 aromatic carbocycles. The zero-order chi connectivity index (χ0) is 36.4. The lowest BCUT2D eigenvalue weighted by atomic mass is 9.47. The van der Waals surface area contributed by atoms with Crippen LogP contribution in [0.15, 0.2) is 60.2 Å². The number of nitrogens with zero attached hydrogens (tertiary/aromatic N) is 1. The molecule has 4 aliphatic carbocycles. The Labute approximate surface area is 308 Å². The number of allylic oxidation sites excluding steroid dienone is 1. The first-order valence-corrected chi connectivity index (χ1v) is 19.7. The molecule has 0 aromatic heterocycles. The highest BCUT2D eigenvalue weighted by molar-refractivity contribution is 6.30. The molecule has 51 heavy (non-hydrogen) atoms. The molecule has 1 saturated heterocycles. The Morgan fingerprint density at radius 1 is 0.922 bits per heavy atom. The van der Waals surface area contributed by atoms with Crippen LogP contribution in [-0.4, -0.2) is 53.3 Å². The number of carbonyl (C=O) groups is 3. The Morgan fingerprint density at radius 2 is 1.63 bits per heavy atom. The second kappa shape index (κ2) is 15.6. The number of likely N-dealkylation sites (tertiary alicyclic amines) is 1. The van der Waals surface area contributed by atoms with Crippen LogP contribution in [0.2, 0.25) is 5.02 Å². The molecule has 0 bridgehead atoms. The Morgan fingerprint density at radius 3 is 2.31 bits per heavy atom. The van der Waals surface area contributed by atoms with Gasteiger partial charge in [0.05, 0.1) is 5.60 Å². The van der Waals surface area contributed by atoms with E-state index in [-0.39, 0.29) is 34.5 Å². The highest BCUT2D eigenvalue weighted by atomic mass is 35.5. The van der Waals surface area contributed by atoms with Crippen LogP contribution in [0.5, 0.6) is 0 Å². The molecule has 2 aromatic rings. The van der Waals surface area contributed by atoms with Gasteiger partial charge in [-0.1, -0.05) is 50.1 Å². The first-order valence-electron chi connectivity index (χ1n) is 19.3. The summed E-state index contributed by atoms with van der Waals surface area (Å²) in [6.07, 6.45) is 13.8. The number of fused-ring (bicyclic) bond motifs is 5. The summed E-state index contributed by atoms with van der Waals surface area (Å²) in [6, 6.07) is 13.1. The number of piperidine rings is 1. The Kier molecular flexibility index (Phi) is 11.6. The molecule has 0 radical (unpaired) electrons. The molecule has 7 rings (SSSR count). The van der Waals surface area contributed by atoms with Crippen molar-refractivity contribution in [3.05, 3.63) is 82.1 Å². The molecule has 1 N–H and O–H groups in total. The molecular weight excluding hydrogens is 665 g/mol. The Balaban J connectivity index is 0.000000176. The van der Waals surface area contributed by atoms with Crippen LogP contribution in [0, 0.1) is 34.4 Å². The minimum Gasteiger partial charge on any atom is -0.462 e. The maximum Gasteiger partial charge on any atom is 0.305 e. The lowest BCUT2D eigenvalue weighted by Gasteiger charge is -2.57. The third kappa shape index (κ3) is 8.06. The molecule has 4 fully saturated rings. The van der Waals surface area contributed by atoms with Crippen LogP contribution < -0.4 is 0 Å². The number of benzene rings is 2. The highest BCUT2D eigenvalue weighted by Crippen LogP contribution is 2.65. The molecule has 276 valence electrons. The van der Waals surface area contributed by atoms with Gasteiger partial charge in [-0.2, -0.15) is 0 Å². The van der Waals surface area contributed by atoms with Crippen molar-refractivity contribution in [2.75, 3.05) is 19.6 Å². The number of aliphatic hydroxyl groups is 1. The number of esters is 1. The van der Waals surface area contributed by atoms with E-state index in [9.17, 15) is 23.9 Å². The van der Waals surface area contributed by atoms with Crippen LogP contribution in [0.3, 0.4) is 0 Å². The molecule has 5 aliphatic rings. The van der Waals surface area contributed by atoms with E-state index in [0.717, 1.165) is 69.6 Å². The molecule has 0 spiro atoms. The van der Waals surface area contributed by atoms with E-state index < -0.39 is 5.60 Å². The van der Waals surface area contributed by atoms with Crippen LogP contribution >= 0.6 is 11.6 Å². The number of ether oxygens (including phenoxy) is 1. The van der Waals surface area contributed by atoms with Crippen molar-refractivity contribution in [1.82, 2.24) is 4.90 Å². The maximum atomic E-state index is 12.9. The van der Waals surface area contributed by atoms with Gasteiger partial charge in [0.25, 0.3) is 0 Å². The lowest BCUT2D eigenvalue weighted by Crippen LogP contribution is -2.51. The summed E-state index contributed by atoms with van der Waals surface area (Å²) in [6.45, 7) is 9.10. The van der Waals surface area contributed by atoms with E-state index in [4.69, 9.17) is 16.3 Å². The number of hydrogen-bond acceptors (Lipinski definition) is 6. The lowest BCUT2D eigenvalue weighted by molar-refractivity contribution is -0.159. The van der Waals surface area contributed by atoms with E-state index in [1.807, 2.05) is 37.3 Å². The number of rotatable bonds is 8. The van der Waals surface area contributed by atoms with Gasteiger partial charge in [0, 0.05) is 48.4 Å². The van der Waals surface area contributed by atoms with E-state index in [0.29, 0.717) is 53.9 Å². The Bertz CT molecular complexity index is 1600. The van der Waals surface area contributed by atoms with Crippen molar-refractivity contribution in [2.24, 2.45) is 28.6 Å². The molecule has 1 heterocycles. The number of halogens is 2. The van der Waals surface area contributed by atoms with Crippen molar-refractivity contribution in [3.63, 3.8) is 0 Å². The normalized spacial score (nSPS) is 31.3. The second-order valence-electron chi connectivity index (χ2n) is 16.3. The van der Waals surface area contributed by atoms with Crippen molar-refractivity contribution < 1.29 is 28.6 Å². The van der Waals surface area contributed by atoms with Crippen LogP contribution in [0.1, 0.15) is 120 Å². The van der Waals surface area contributed by atoms with Gasteiger partial charge in [-0.15, -0.1) is 0 Å². The van der Waals surface area contributed by atoms with Gasteiger partial charge in [0.15, 0.2) is 11.6 Å². The van der Waals surface area contributed by atoms with Gasteiger partial charge in [0.2, 0.25) is 0 Å². The van der Waals surface area contributed by atoms with Crippen LogP contribution in [0.25, 0.3) is 0 Å². The number of Topliss-reactive ketones (excluding diaryl/α,β-unsaturated/α-hetero) is 1. The predicted octanol–water partition coefficient (Wildman–Crippen LogP) is 9.27. The third-order valence-electron chi connectivity index (χ3n) is 13.5. The van der Waals surface area contributed by atoms with Crippen molar-refractivity contribution in [2.45, 2.75) is 116 Å². The Hall–Kier alpha value is -2.87. The van der Waals surface area contributed by atoms with Crippen molar-refractivity contribution in [1.29, 1.82) is 0 Å². The van der Waals surface area contributed by atoms with E-state index >= 15 is 0 Å². The molecule has 6 atom stereocenters. The topological polar surface area (TPSA) is 83.9 Å². The van der Waals surface area contributed by atoms with Gasteiger partial charge in [0.1, 0.15) is 11.9 Å². The number of ketones is 2. The summed E-state index contributed by atoms with van der Waals surface area (Å²) in [5.41, 5.74) is 2.49. The van der Waals surface area contributed by atoms with Gasteiger partial charge < -0.3 is 14.7 Å². The van der Waals surface area contributed by atoms with Gasteiger partial charge in [-0.3, -0.25) is 14.4 Å². The minimum atomic E-state index is -0.801. The van der Waals surface area contributed by atoms with E-state index in [2.05, 4.69) is 18.7 Å². The molecular formula is C43H55ClFNO5. The molecule has 8 heteroatoms. The summed E-state index contributed by atoms with van der Waals surface area (Å²) in [4.78, 5) is 38.2. The van der Waals surface area contributed by atoms with Gasteiger partial charge >= 0.3 is 5.97 Å². The first-order chi connectivity index (χ1) is 24.3. The monoisotopic (exact) mass is 719 g/mol. The average Bonchev–Trinajstić information content (AvgIpc) is 3.45. The van der Waals surface area contributed by atoms with Crippen molar-refractivity contribution >= 4 is 29.1 Å². The van der Waals surface area contributed by atoms with Crippen LogP contribution in [0.4, 0.5) is 4.39 Å². The molecule has 1 aliphatic heterocycles. The molecule has 6 nitrogen and oxygen atoms in total. The van der Waals surface area contributed by atoms with Gasteiger partial charge in [-0.25, -0.2) is 4.39 Å². The van der Waals surface area contributed by atoms with Crippen molar-refractivity contribution in [3.8, 4) is 0 Å². The predicted molar refractivity (Wildman–Crippen MR) is 198 cm³/mol. The minimum absolute atomic E-state index is 0.0411. The molecule has 0 amide bonds. The third-order valence-corrected chi connectivity index (χ3v) is 13.8. The SMILES string of the molecule is CCC(=O)OC1CCC2C3CCC4=CC(=O)CCC4(C)C3CCC12C.O=C(CCCN1CCC(O)(c2ccc(Cl)cc2)CC1)c1ccc(F)cc1. The smallest absolute Gasteiger partial charge is 0.305 e. The molecule has 6 unspecified atom stereocenters. The summed E-state index contributed by atoms with van der Waals surface area (Å²) >= 11 is 5.92. The fourth-order valence-corrected chi connectivity index (χ4v) is 10.5. The molecule has 3 saturated carbocycles. The van der Waals surface area contributed by atoms with Gasteiger partial charge in [-0.05, 0) is 142 Å². The largest absolute Gasteiger partial charge is 0.462 e. The maximum absolute atomic E-state index is 12.9. The average molecular weight is 720 g/mol. The number of carbonyl (C=O) groups excluding carboxylic acids is 3. The summed E-state index contributed by atoms with van der Waals surface area (Å²) in [5.74, 6) is 2.12. The summed E-state index contributed by atoms with van der Waals surface area (Å²) in [7, 11) is 0. The zero-order valence-electron chi connectivity index (χ0n) is 30.6. The first kappa shape index (κ1) is 37.9. The van der Waals surface area contributed by atoms with Crippen LogP contribution in [-0.2, 0) is 19.9 Å². The fraction of sp³-hybridized carbons (Fsp3) is 0.605. The zero-order valence-corrected chi connectivity index (χ0v) is 31.4. The standard InChI is InChI=1S/C22H32O3.C21H23ClFNO2/c1-4-20(24)25-19-8-7-17-16-6-5-14-13-15(23)9-11-21(14,2)18(16)10-12-22(17,19)3;22-18-7-5-17(6-8-18)21(26)11-14-24(15-12-21)13-1-2-20(25)16-3-9-19(23)10-4-16/h13,16-19H,4-12H2,1-3H3;3-10,26H,1-2,11-15H2. The summed E-state index contributed by atoms with van der Waals surface area (Å²) < 4.78 is 18.8. The summed E-state index contributed by atoms with van der Waals surface area (Å²) in [5, 5.41) is 11.5. The van der Waals surface area contributed by atoms with E-state index in [1.165, 1.54) is 49.1 Å². The number of hydrogen-bond donors (Lipinski definition) is 1. The quantitative estimate of drug-likeness (QED) is 0.216. The van der Waals surface area contributed by atoms with E-state index in [1.54, 1.807) is 0 Å². The second-order valence-corrected chi connectivity index (χ2v) is 16.8.